The molecule has 1 aliphatic carbocycles. The fourth-order valence-electron chi connectivity index (χ4n) is 3.66. The van der Waals surface area contributed by atoms with Crippen LogP contribution in [0.15, 0.2) is 40.5 Å². The van der Waals surface area contributed by atoms with Crippen molar-refractivity contribution in [3.63, 3.8) is 0 Å². The monoisotopic (exact) mass is 437 g/mol. The van der Waals surface area contributed by atoms with E-state index in [-0.39, 0.29) is 23.9 Å². The third-order valence-corrected chi connectivity index (χ3v) is 6.20. The quantitative estimate of drug-likeness (QED) is 0.520. The van der Waals surface area contributed by atoms with Crippen molar-refractivity contribution in [2.75, 3.05) is 0 Å². The first-order valence-electron chi connectivity index (χ1n) is 10.0. The molecule has 0 unspecified atom stereocenters. The number of hydrogen-bond donors (Lipinski definition) is 1. The zero-order chi connectivity index (χ0) is 21.7. The van der Waals surface area contributed by atoms with Crippen molar-refractivity contribution >= 4 is 22.2 Å². The summed E-state index contributed by atoms with van der Waals surface area (Å²) in [7, 11) is 0. The summed E-state index contributed by atoms with van der Waals surface area (Å²) in [6.45, 7) is 3.56. The summed E-state index contributed by atoms with van der Waals surface area (Å²) in [5.74, 6) is -0.500. The van der Waals surface area contributed by atoms with E-state index in [4.69, 9.17) is 0 Å². The summed E-state index contributed by atoms with van der Waals surface area (Å²) >= 11 is 1.33. The number of nitrogens with one attached hydrogen (secondary N) is 1. The van der Waals surface area contributed by atoms with Gasteiger partial charge in [-0.1, -0.05) is 12.1 Å². The SMILES string of the molecule is Cc1nc2scc(CC(=O)NC3CC3)n2c(=O)c1-c1cc(C)n(-c2ccccc2F)n1. The Balaban J connectivity index is 1.60. The molecule has 4 aromatic rings. The van der Waals surface area contributed by atoms with E-state index in [9.17, 15) is 14.0 Å². The van der Waals surface area contributed by atoms with Crippen LogP contribution in [0.1, 0.15) is 29.9 Å². The molecule has 3 aromatic heterocycles. The number of nitrogens with zero attached hydrogens (tertiary/aromatic N) is 4. The van der Waals surface area contributed by atoms with E-state index in [0.29, 0.717) is 39.0 Å². The van der Waals surface area contributed by atoms with Gasteiger partial charge in [0.1, 0.15) is 17.2 Å². The molecule has 9 heteroatoms. The summed E-state index contributed by atoms with van der Waals surface area (Å²) in [6.07, 6.45) is 2.12. The maximum Gasteiger partial charge on any atom is 0.268 e. The van der Waals surface area contributed by atoms with Crippen molar-refractivity contribution in [3.05, 3.63) is 69.0 Å². The highest BCUT2D eigenvalue weighted by Gasteiger charge is 2.25. The third-order valence-electron chi connectivity index (χ3n) is 5.33. The molecule has 1 aliphatic rings. The first kappa shape index (κ1) is 19.6. The van der Waals surface area contributed by atoms with Crippen LogP contribution in [0, 0.1) is 19.7 Å². The van der Waals surface area contributed by atoms with Gasteiger partial charge in [-0.05, 0) is 44.9 Å². The summed E-state index contributed by atoms with van der Waals surface area (Å²) < 4.78 is 17.3. The molecule has 7 nitrogen and oxygen atoms in total. The first-order chi connectivity index (χ1) is 14.9. The van der Waals surface area contributed by atoms with Crippen LogP contribution in [-0.4, -0.2) is 31.1 Å². The second-order valence-electron chi connectivity index (χ2n) is 7.78. The second kappa shape index (κ2) is 7.42. The minimum Gasteiger partial charge on any atom is -0.353 e. The topological polar surface area (TPSA) is 81.3 Å². The Morgan fingerprint density at radius 3 is 2.81 bits per heavy atom. The number of carbonyl (C=O) groups excluding carboxylic acids is 1. The van der Waals surface area contributed by atoms with Crippen LogP contribution in [0.3, 0.4) is 0 Å². The standard InChI is InChI=1S/C22H20FN5O2S/c1-12-9-17(26-28(12)18-6-4-3-5-16(18)23)20-13(2)24-22-27(21(20)30)15(11-31-22)10-19(29)25-14-7-8-14/h3-6,9,11,14H,7-8,10H2,1-2H3,(H,25,29). The number of benzene rings is 1. The Morgan fingerprint density at radius 2 is 2.06 bits per heavy atom. The smallest absolute Gasteiger partial charge is 0.268 e. The van der Waals surface area contributed by atoms with Gasteiger partial charge in [-0.2, -0.15) is 5.10 Å². The largest absolute Gasteiger partial charge is 0.353 e. The molecule has 0 aliphatic heterocycles. The van der Waals surface area contributed by atoms with Gasteiger partial charge in [-0.15, -0.1) is 11.3 Å². The summed E-state index contributed by atoms with van der Waals surface area (Å²) in [6, 6.07) is 8.36. The summed E-state index contributed by atoms with van der Waals surface area (Å²) in [5.41, 5.74) is 2.63. The van der Waals surface area contributed by atoms with Crippen molar-refractivity contribution in [1.82, 2.24) is 24.5 Å². The van der Waals surface area contributed by atoms with Crippen molar-refractivity contribution in [2.45, 2.75) is 39.2 Å². The van der Waals surface area contributed by atoms with E-state index in [1.807, 2.05) is 0 Å². The molecule has 5 rings (SSSR count). The normalized spacial score (nSPS) is 13.6. The molecule has 31 heavy (non-hydrogen) atoms. The highest BCUT2D eigenvalue weighted by atomic mass is 32.1. The minimum atomic E-state index is -0.399. The number of fused-ring (bicyclic) bond motifs is 1. The molecule has 0 radical (unpaired) electrons. The van der Waals surface area contributed by atoms with E-state index in [1.54, 1.807) is 43.5 Å². The Kier molecular flexibility index (Phi) is 4.70. The molecule has 0 bridgehead atoms. The van der Waals surface area contributed by atoms with Crippen LogP contribution in [0.4, 0.5) is 4.39 Å². The lowest BCUT2D eigenvalue weighted by atomic mass is 10.1. The average Bonchev–Trinajstić information content (AvgIpc) is 3.32. The number of rotatable bonds is 5. The van der Waals surface area contributed by atoms with Gasteiger partial charge < -0.3 is 5.32 Å². The molecular formula is C22H20FN5O2S. The number of thiazole rings is 1. The number of aryl methyl sites for hydroxylation is 2. The molecular weight excluding hydrogens is 417 g/mol. The third kappa shape index (κ3) is 3.54. The molecule has 1 aromatic carbocycles. The number of aromatic nitrogens is 4. The van der Waals surface area contributed by atoms with Crippen molar-refractivity contribution in [3.8, 4) is 16.9 Å². The Hall–Kier alpha value is -3.33. The highest BCUT2D eigenvalue weighted by Crippen LogP contribution is 2.24. The first-order valence-corrected chi connectivity index (χ1v) is 10.9. The number of hydrogen-bond acceptors (Lipinski definition) is 5. The van der Waals surface area contributed by atoms with Crippen LogP contribution in [0.2, 0.25) is 0 Å². The molecule has 0 spiro atoms. The van der Waals surface area contributed by atoms with Gasteiger partial charge in [0.15, 0.2) is 4.96 Å². The minimum absolute atomic E-state index is 0.101. The zero-order valence-corrected chi connectivity index (χ0v) is 17.9. The molecule has 3 heterocycles. The fraction of sp³-hybridized carbons (Fsp3) is 0.273. The lowest BCUT2D eigenvalue weighted by Gasteiger charge is -2.07. The lowest BCUT2D eigenvalue weighted by molar-refractivity contribution is -0.120. The van der Waals surface area contributed by atoms with E-state index in [0.717, 1.165) is 12.8 Å². The Labute approximate surface area is 181 Å². The van der Waals surface area contributed by atoms with Gasteiger partial charge in [0.25, 0.3) is 5.56 Å². The molecule has 0 atom stereocenters. The van der Waals surface area contributed by atoms with Gasteiger partial charge in [0.05, 0.1) is 17.7 Å². The molecule has 1 N–H and O–H groups in total. The summed E-state index contributed by atoms with van der Waals surface area (Å²) in [4.78, 5) is 30.8. The lowest BCUT2D eigenvalue weighted by Crippen LogP contribution is -2.29. The van der Waals surface area contributed by atoms with E-state index >= 15 is 0 Å². The zero-order valence-electron chi connectivity index (χ0n) is 17.1. The molecule has 158 valence electrons. The Morgan fingerprint density at radius 1 is 1.29 bits per heavy atom. The molecule has 0 saturated heterocycles. The predicted molar refractivity (Wildman–Crippen MR) is 116 cm³/mol. The highest BCUT2D eigenvalue weighted by molar-refractivity contribution is 7.15. The molecule has 1 fully saturated rings. The predicted octanol–water partition coefficient (Wildman–Crippen LogP) is 3.19. The van der Waals surface area contributed by atoms with Gasteiger partial charge in [-0.25, -0.2) is 14.1 Å². The van der Waals surface area contributed by atoms with E-state index < -0.39 is 5.82 Å². The van der Waals surface area contributed by atoms with Crippen LogP contribution in [-0.2, 0) is 11.2 Å². The Bertz CT molecular complexity index is 1380. The maximum absolute atomic E-state index is 14.3. The number of halogens is 1. The maximum atomic E-state index is 14.3. The van der Waals surface area contributed by atoms with Gasteiger partial charge in [0, 0.05) is 22.8 Å². The van der Waals surface area contributed by atoms with Crippen LogP contribution >= 0.6 is 11.3 Å². The number of amides is 1. The van der Waals surface area contributed by atoms with Gasteiger partial charge in [-0.3, -0.25) is 14.0 Å². The van der Waals surface area contributed by atoms with Gasteiger partial charge in [0.2, 0.25) is 5.91 Å². The van der Waals surface area contributed by atoms with Crippen LogP contribution in [0.5, 0.6) is 0 Å². The van der Waals surface area contributed by atoms with E-state index in [2.05, 4.69) is 15.4 Å². The average molecular weight is 438 g/mol. The summed E-state index contributed by atoms with van der Waals surface area (Å²) in [5, 5.41) is 9.25. The number of carbonyl (C=O) groups is 1. The van der Waals surface area contributed by atoms with Crippen LogP contribution < -0.4 is 10.9 Å². The fourth-order valence-corrected chi connectivity index (χ4v) is 4.58. The van der Waals surface area contributed by atoms with Crippen molar-refractivity contribution in [2.24, 2.45) is 0 Å². The number of para-hydroxylation sites is 1. The second-order valence-corrected chi connectivity index (χ2v) is 8.61. The van der Waals surface area contributed by atoms with Crippen molar-refractivity contribution in [1.29, 1.82) is 0 Å². The van der Waals surface area contributed by atoms with Crippen molar-refractivity contribution < 1.29 is 9.18 Å². The van der Waals surface area contributed by atoms with Crippen LogP contribution in [0.25, 0.3) is 21.9 Å². The van der Waals surface area contributed by atoms with Gasteiger partial charge >= 0.3 is 0 Å². The molecule has 1 amide bonds. The molecule has 1 saturated carbocycles. The van der Waals surface area contributed by atoms with E-state index in [1.165, 1.54) is 26.5 Å².